The Labute approximate surface area is 177 Å². The number of halogens is 1. The van der Waals surface area contributed by atoms with Crippen molar-refractivity contribution in [3.05, 3.63) is 93.0 Å². The number of carbonyl (C=O) groups excluding carboxylic acids is 1. The van der Waals surface area contributed by atoms with Crippen LogP contribution >= 0.6 is 11.6 Å². The molecule has 0 fully saturated rings. The Morgan fingerprint density at radius 2 is 1.63 bits per heavy atom. The quantitative estimate of drug-likeness (QED) is 0.424. The lowest BCUT2D eigenvalue weighted by molar-refractivity contribution is -0.385. The van der Waals surface area contributed by atoms with Gasteiger partial charge in [0.25, 0.3) is 21.6 Å². The van der Waals surface area contributed by atoms with Crippen LogP contribution in [0.25, 0.3) is 0 Å². The highest BCUT2D eigenvalue weighted by Crippen LogP contribution is 2.26. The lowest BCUT2D eigenvalue weighted by Gasteiger charge is -2.10. The van der Waals surface area contributed by atoms with Crippen molar-refractivity contribution >= 4 is 44.6 Å². The van der Waals surface area contributed by atoms with E-state index in [1.807, 2.05) is 0 Å². The normalized spacial score (nSPS) is 11.0. The fourth-order valence-corrected chi connectivity index (χ4v) is 3.85. The van der Waals surface area contributed by atoms with Crippen molar-refractivity contribution in [2.75, 3.05) is 10.0 Å². The highest BCUT2D eigenvalue weighted by Gasteiger charge is 2.17. The first-order valence-corrected chi connectivity index (χ1v) is 10.5. The van der Waals surface area contributed by atoms with Gasteiger partial charge in [-0.05, 0) is 61.5 Å². The summed E-state index contributed by atoms with van der Waals surface area (Å²) >= 11 is 5.77. The van der Waals surface area contributed by atoms with Gasteiger partial charge in [0.1, 0.15) is 0 Å². The van der Waals surface area contributed by atoms with Gasteiger partial charge in [0.2, 0.25) is 0 Å². The maximum atomic E-state index is 12.5. The Kier molecular flexibility index (Phi) is 6.04. The van der Waals surface area contributed by atoms with Crippen LogP contribution in [0.4, 0.5) is 17.1 Å². The molecular formula is C20H16ClN3O5S. The molecule has 30 heavy (non-hydrogen) atoms. The van der Waals surface area contributed by atoms with E-state index in [0.29, 0.717) is 16.3 Å². The number of sulfonamides is 1. The molecule has 0 atom stereocenters. The number of amides is 1. The van der Waals surface area contributed by atoms with E-state index in [2.05, 4.69) is 10.0 Å². The van der Waals surface area contributed by atoms with Gasteiger partial charge in [0, 0.05) is 22.3 Å². The van der Waals surface area contributed by atoms with Gasteiger partial charge in [-0.3, -0.25) is 19.6 Å². The second-order valence-corrected chi connectivity index (χ2v) is 8.42. The lowest BCUT2D eigenvalue weighted by atomic mass is 10.1. The molecule has 0 aliphatic heterocycles. The number of benzene rings is 3. The summed E-state index contributed by atoms with van der Waals surface area (Å²) in [4.78, 5) is 23.0. The van der Waals surface area contributed by atoms with Crippen LogP contribution in [0.1, 0.15) is 15.9 Å². The van der Waals surface area contributed by atoms with Gasteiger partial charge in [0.15, 0.2) is 0 Å². The number of hydrogen-bond donors (Lipinski definition) is 2. The van der Waals surface area contributed by atoms with Gasteiger partial charge in [-0.2, -0.15) is 0 Å². The second-order valence-electron chi connectivity index (χ2n) is 6.30. The molecule has 0 saturated carbocycles. The first kappa shape index (κ1) is 21.3. The summed E-state index contributed by atoms with van der Waals surface area (Å²) in [6.07, 6.45) is 0. The first-order valence-electron chi connectivity index (χ1n) is 8.61. The fraction of sp³-hybridized carbons (Fsp3) is 0.0500. The first-order chi connectivity index (χ1) is 14.2. The fourth-order valence-electron chi connectivity index (χ4n) is 2.67. The third kappa shape index (κ3) is 4.76. The standard InChI is InChI=1S/C20H16ClN3O5S/c1-13-18(3-2-4-19(13)24(26)27)22-20(25)14-5-9-16(10-6-14)23-30(28,29)17-11-7-15(21)8-12-17/h2-12,23H,1H3,(H,22,25). The summed E-state index contributed by atoms with van der Waals surface area (Å²) in [6.45, 7) is 1.54. The minimum atomic E-state index is -3.80. The predicted molar refractivity (Wildman–Crippen MR) is 114 cm³/mol. The summed E-state index contributed by atoms with van der Waals surface area (Å²) in [5.74, 6) is -0.481. The van der Waals surface area contributed by atoms with E-state index < -0.39 is 20.9 Å². The molecule has 2 N–H and O–H groups in total. The van der Waals surface area contributed by atoms with E-state index >= 15 is 0 Å². The maximum Gasteiger partial charge on any atom is 0.274 e. The van der Waals surface area contributed by atoms with Crippen LogP contribution in [0.3, 0.4) is 0 Å². The molecule has 0 saturated heterocycles. The van der Waals surface area contributed by atoms with Crippen molar-refractivity contribution in [2.45, 2.75) is 11.8 Å². The average molecular weight is 446 g/mol. The molecule has 0 aliphatic carbocycles. The number of carbonyl (C=O) groups is 1. The molecule has 1 amide bonds. The van der Waals surface area contributed by atoms with Crippen molar-refractivity contribution in [3.63, 3.8) is 0 Å². The molecule has 0 aliphatic rings. The van der Waals surface area contributed by atoms with Crippen LogP contribution in [-0.2, 0) is 10.0 Å². The molecule has 0 heterocycles. The SMILES string of the molecule is Cc1c(NC(=O)c2ccc(NS(=O)(=O)c3ccc(Cl)cc3)cc2)cccc1[N+](=O)[O-]. The van der Waals surface area contributed by atoms with Crippen molar-refractivity contribution < 1.29 is 18.1 Å². The van der Waals surface area contributed by atoms with E-state index in [1.165, 1.54) is 60.7 Å². The van der Waals surface area contributed by atoms with Crippen LogP contribution < -0.4 is 10.0 Å². The predicted octanol–water partition coefficient (Wildman–Crippen LogP) is 4.61. The van der Waals surface area contributed by atoms with E-state index in [4.69, 9.17) is 11.6 Å². The van der Waals surface area contributed by atoms with Gasteiger partial charge in [-0.25, -0.2) is 8.42 Å². The Hall–Kier alpha value is -3.43. The minimum absolute atomic E-state index is 0.0508. The van der Waals surface area contributed by atoms with E-state index in [0.717, 1.165) is 0 Å². The van der Waals surface area contributed by atoms with E-state index in [1.54, 1.807) is 13.0 Å². The Balaban J connectivity index is 1.74. The third-order valence-corrected chi connectivity index (χ3v) is 5.92. The molecule has 3 rings (SSSR count). The Bertz CT molecular complexity index is 1210. The highest BCUT2D eigenvalue weighted by atomic mass is 35.5. The van der Waals surface area contributed by atoms with Gasteiger partial charge >= 0.3 is 0 Å². The van der Waals surface area contributed by atoms with Crippen LogP contribution in [0, 0.1) is 17.0 Å². The Morgan fingerprint density at radius 3 is 2.23 bits per heavy atom. The molecule has 0 spiro atoms. The number of nitro groups is 1. The summed E-state index contributed by atoms with van der Waals surface area (Å²) in [6, 6.07) is 15.9. The molecule has 0 bridgehead atoms. The molecule has 0 unspecified atom stereocenters. The number of nitrogens with one attached hydrogen (secondary N) is 2. The average Bonchev–Trinajstić information content (AvgIpc) is 2.70. The summed E-state index contributed by atoms with van der Waals surface area (Å²) in [7, 11) is -3.80. The second kappa shape index (κ2) is 8.52. The van der Waals surface area contributed by atoms with Gasteiger partial charge < -0.3 is 5.32 Å². The molecule has 8 nitrogen and oxygen atoms in total. The number of anilines is 2. The summed E-state index contributed by atoms with van der Waals surface area (Å²) in [5.41, 5.74) is 1.09. The van der Waals surface area contributed by atoms with E-state index in [9.17, 15) is 23.3 Å². The smallest absolute Gasteiger partial charge is 0.274 e. The molecule has 3 aromatic carbocycles. The van der Waals surface area contributed by atoms with Crippen LogP contribution in [0.5, 0.6) is 0 Å². The molecular weight excluding hydrogens is 430 g/mol. The number of hydrogen-bond acceptors (Lipinski definition) is 5. The van der Waals surface area contributed by atoms with E-state index in [-0.39, 0.29) is 21.8 Å². The van der Waals surface area contributed by atoms with Crippen molar-refractivity contribution in [3.8, 4) is 0 Å². The van der Waals surface area contributed by atoms with Crippen molar-refractivity contribution in [2.24, 2.45) is 0 Å². The van der Waals surface area contributed by atoms with Gasteiger partial charge in [0.05, 0.1) is 21.1 Å². The Morgan fingerprint density at radius 1 is 1.00 bits per heavy atom. The zero-order valence-corrected chi connectivity index (χ0v) is 17.2. The number of nitro benzene ring substituents is 1. The number of nitrogens with zero attached hydrogens (tertiary/aromatic N) is 1. The molecule has 10 heteroatoms. The van der Waals surface area contributed by atoms with Crippen LogP contribution in [-0.4, -0.2) is 19.2 Å². The zero-order valence-electron chi connectivity index (χ0n) is 15.6. The highest BCUT2D eigenvalue weighted by molar-refractivity contribution is 7.92. The number of rotatable bonds is 6. The third-order valence-electron chi connectivity index (χ3n) is 4.27. The summed E-state index contributed by atoms with van der Waals surface area (Å²) < 4.78 is 27.2. The van der Waals surface area contributed by atoms with Gasteiger partial charge in [-0.15, -0.1) is 0 Å². The monoisotopic (exact) mass is 445 g/mol. The zero-order chi connectivity index (χ0) is 21.9. The lowest BCUT2D eigenvalue weighted by Crippen LogP contribution is -2.14. The maximum absolute atomic E-state index is 12.5. The van der Waals surface area contributed by atoms with Crippen LogP contribution in [0.2, 0.25) is 5.02 Å². The van der Waals surface area contributed by atoms with Crippen molar-refractivity contribution in [1.29, 1.82) is 0 Å². The van der Waals surface area contributed by atoms with Crippen LogP contribution in [0.15, 0.2) is 71.6 Å². The topological polar surface area (TPSA) is 118 Å². The minimum Gasteiger partial charge on any atom is -0.321 e. The molecule has 154 valence electrons. The van der Waals surface area contributed by atoms with Crippen molar-refractivity contribution in [1.82, 2.24) is 0 Å². The molecule has 0 aromatic heterocycles. The molecule has 3 aromatic rings. The largest absolute Gasteiger partial charge is 0.321 e. The molecule has 0 radical (unpaired) electrons. The van der Waals surface area contributed by atoms with Gasteiger partial charge in [-0.1, -0.05) is 17.7 Å². The summed E-state index contributed by atoms with van der Waals surface area (Å²) in [5, 5.41) is 14.1.